The number of hydrogen-bond donors (Lipinski definition) is 0. The summed E-state index contributed by atoms with van der Waals surface area (Å²) < 4.78 is 12.3. The molecule has 82 valence electrons. The number of rotatable bonds is 1. The topological polar surface area (TPSA) is 37.1 Å². The van der Waals surface area contributed by atoms with E-state index in [4.69, 9.17) is 45.0 Å². The Balaban J connectivity index is 3.57. The van der Waals surface area contributed by atoms with Gasteiger partial charge in [-0.1, -0.05) is 6.58 Å². The van der Waals surface area contributed by atoms with Crippen molar-refractivity contribution in [1.82, 2.24) is 0 Å². The predicted octanol–water partition coefficient (Wildman–Crippen LogP) is 7.13. The Labute approximate surface area is 103 Å². The fourth-order valence-corrected chi connectivity index (χ4v) is 17.3. The molecule has 1 heterocycles. The first-order valence-electron chi connectivity index (χ1n) is 3.40. The first kappa shape index (κ1) is 13.7. The summed E-state index contributed by atoms with van der Waals surface area (Å²) in [5.74, 6) is -5.52. The molecule has 0 aromatic heterocycles. The second kappa shape index (κ2) is 4.11. The van der Waals surface area contributed by atoms with E-state index in [9.17, 15) is 0 Å². The van der Waals surface area contributed by atoms with Crippen LogP contribution in [0.4, 0.5) is 0 Å². The molecule has 0 aromatic carbocycles. The van der Waals surface area contributed by atoms with Crippen LogP contribution in [0.15, 0.2) is 25.4 Å². The molecule has 0 aliphatic carbocycles. The highest BCUT2D eigenvalue weighted by atomic mass is 35.9. The Morgan fingerprint density at radius 3 is 1.79 bits per heavy atom. The maximum absolute atomic E-state index is 5.91. The summed E-state index contributed by atoms with van der Waals surface area (Å²) in [7, 11) is -2.15. The normalized spacial score (nSPS) is 33.6. The molecular weight excluding hydrogens is 325 g/mol. The minimum absolute atomic E-state index is 0.795. The van der Waals surface area contributed by atoms with E-state index in [1.807, 2.05) is 13.6 Å². The molecule has 0 fully saturated rings. The fourth-order valence-electron chi connectivity index (χ4n) is 0.755. The van der Waals surface area contributed by atoms with Crippen LogP contribution in [0.25, 0.3) is 0 Å². The van der Waals surface area contributed by atoms with Gasteiger partial charge in [0, 0.05) is 0 Å². The first-order valence-corrected chi connectivity index (χ1v) is 12.6. The van der Waals surface area contributed by atoms with E-state index in [1.54, 1.807) is 0 Å². The van der Waals surface area contributed by atoms with Gasteiger partial charge in [0.25, 0.3) is 11.8 Å². The zero-order valence-corrected chi connectivity index (χ0v) is 13.1. The molecule has 0 saturated heterocycles. The van der Waals surface area contributed by atoms with Crippen LogP contribution in [0.2, 0.25) is 0 Å². The van der Waals surface area contributed by atoms with E-state index < -0.39 is 19.0 Å². The molecule has 0 N–H and O–H groups in total. The number of hydrogen-bond acceptors (Lipinski definition) is 3. The molecule has 1 rings (SSSR count). The minimum atomic E-state index is -2.76. The summed E-state index contributed by atoms with van der Waals surface area (Å²) in [6, 6.07) is 0. The highest BCUT2D eigenvalue weighted by Crippen LogP contribution is 2.85. The molecule has 14 heavy (non-hydrogen) atoms. The largest absolute Gasteiger partial charge is 0.255 e. The maximum Gasteiger partial charge on any atom is 0.255 e. The molecule has 0 amide bonds. The molecule has 10 heteroatoms. The summed E-state index contributed by atoms with van der Waals surface area (Å²) in [5.41, 5.74) is 0. The highest BCUT2D eigenvalue weighted by molar-refractivity contribution is 8.21. The van der Waals surface area contributed by atoms with Crippen LogP contribution in [-0.4, -0.2) is 6.66 Å². The van der Waals surface area contributed by atoms with Gasteiger partial charge in [0.1, 0.15) is 7.21 Å². The third-order valence-electron chi connectivity index (χ3n) is 1.50. The Morgan fingerprint density at radius 2 is 1.43 bits per heavy atom. The van der Waals surface area contributed by atoms with Crippen molar-refractivity contribution in [3.05, 3.63) is 11.9 Å². The van der Waals surface area contributed by atoms with E-state index >= 15 is 0 Å². The smallest absolute Gasteiger partial charge is 0.209 e. The van der Waals surface area contributed by atoms with Crippen LogP contribution in [0.3, 0.4) is 0 Å². The summed E-state index contributed by atoms with van der Waals surface area (Å²) in [6.45, 7) is 7.44. The van der Waals surface area contributed by atoms with Crippen molar-refractivity contribution < 1.29 is 0 Å². The van der Waals surface area contributed by atoms with Crippen molar-refractivity contribution in [1.29, 1.82) is 0 Å². The van der Waals surface area contributed by atoms with Crippen molar-refractivity contribution >= 4 is 64.0 Å². The second-order valence-electron chi connectivity index (χ2n) is 2.83. The maximum atomic E-state index is 5.91. The average molecular weight is 333 g/mol. The number of allylic oxidation sites excluding steroid dienone is 1. The van der Waals surface area contributed by atoms with Gasteiger partial charge in [-0.15, -0.1) is 0 Å². The first-order chi connectivity index (χ1) is 6.06. The lowest BCUT2D eigenvalue weighted by atomic mass is 10.8. The Bertz CT molecular complexity index is 433. The molecule has 0 saturated carbocycles. The minimum Gasteiger partial charge on any atom is -0.209 e. The quantitative estimate of drug-likeness (QED) is 0.458. The van der Waals surface area contributed by atoms with Gasteiger partial charge < -0.3 is 0 Å². The lowest BCUT2D eigenvalue weighted by Crippen LogP contribution is -1.78. The van der Waals surface area contributed by atoms with Gasteiger partial charge in [-0.05, 0) is 63.9 Å². The molecular formula is C4H8Cl4N3P3. The number of nitrogens with zero attached hydrogens (tertiary/aromatic N) is 3. The molecule has 0 aromatic rings. The zero-order chi connectivity index (χ0) is 11.2. The molecule has 0 radical (unpaired) electrons. The molecule has 3 nitrogen and oxygen atoms in total. The lowest BCUT2D eigenvalue weighted by Gasteiger charge is -2.23. The van der Waals surface area contributed by atoms with Crippen LogP contribution < -0.4 is 0 Å². The van der Waals surface area contributed by atoms with Crippen LogP contribution >= 0.6 is 64.0 Å². The van der Waals surface area contributed by atoms with Crippen molar-refractivity contribution in [2.24, 2.45) is 13.5 Å². The van der Waals surface area contributed by atoms with Gasteiger partial charge >= 0.3 is 0 Å². The van der Waals surface area contributed by atoms with Gasteiger partial charge in [-0.2, -0.15) is 4.52 Å². The lowest BCUT2D eigenvalue weighted by molar-refractivity contribution is 1.61. The third kappa shape index (κ3) is 3.29. The van der Waals surface area contributed by atoms with Crippen molar-refractivity contribution in [2.45, 2.75) is 6.92 Å². The van der Waals surface area contributed by atoms with Crippen LogP contribution in [0.5, 0.6) is 0 Å². The molecule has 0 spiro atoms. The van der Waals surface area contributed by atoms with Gasteiger partial charge in [0.2, 0.25) is 0 Å². The van der Waals surface area contributed by atoms with Crippen molar-refractivity contribution in [2.75, 3.05) is 6.66 Å². The van der Waals surface area contributed by atoms with Gasteiger partial charge in [0.15, 0.2) is 0 Å². The van der Waals surface area contributed by atoms with Gasteiger partial charge in [-0.3, -0.25) is 0 Å². The average Bonchev–Trinajstić information content (AvgIpc) is 1.76. The standard InChI is InChI=1S/C4H8Cl4N3P3/c1-4(2)12(3)9-13(5,6)11-14(7,8)10-12/h1H2,2-3H3. The summed E-state index contributed by atoms with van der Waals surface area (Å²) >= 11 is 23.7. The molecule has 1 atom stereocenters. The van der Waals surface area contributed by atoms with Gasteiger partial charge in [0.05, 0.1) is 0 Å². The van der Waals surface area contributed by atoms with Crippen LogP contribution in [0.1, 0.15) is 6.92 Å². The summed E-state index contributed by atoms with van der Waals surface area (Å²) in [6.07, 6.45) is 0. The van der Waals surface area contributed by atoms with E-state index in [0.29, 0.717) is 0 Å². The van der Waals surface area contributed by atoms with Crippen LogP contribution in [-0.2, 0) is 0 Å². The molecule has 1 aliphatic heterocycles. The summed E-state index contributed by atoms with van der Waals surface area (Å²) in [4.78, 5) is 0. The van der Waals surface area contributed by atoms with Gasteiger partial charge in [-0.25, -0.2) is 9.03 Å². The van der Waals surface area contributed by atoms with Crippen molar-refractivity contribution in [3.63, 3.8) is 0 Å². The van der Waals surface area contributed by atoms with Crippen molar-refractivity contribution in [3.8, 4) is 0 Å². The Hall–Kier alpha value is 1.59. The Kier molecular flexibility index (Phi) is 4.01. The molecule has 0 bridgehead atoms. The zero-order valence-electron chi connectivity index (χ0n) is 7.40. The van der Waals surface area contributed by atoms with E-state index in [-0.39, 0.29) is 0 Å². The number of halogens is 4. The third-order valence-corrected chi connectivity index (χ3v) is 14.0. The molecule has 1 unspecified atom stereocenters. The van der Waals surface area contributed by atoms with E-state index in [1.165, 1.54) is 0 Å². The second-order valence-corrected chi connectivity index (χ2v) is 16.1. The van der Waals surface area contributed by atoms with E-state index in [0.717, 1.165) is 5.31 Å². The predicted molar refractivity (Wildman–Crippen MR) is 72.2 cm³/mol. The van der Waals surface area contributed by atoms with Crippen LogP contribution in [0, 0.1) is 0 Å². The summed E-state index contributed by atoms with van der Waals surface area (Å²) in [5, 5.41) is 0.795. The SMILES string of the molecule is C=C(C)P1(C)=NP(Cl)(Cl)=NP(Cl)(Cl)=N1. The Morgan fingerprint density at radius 1 is 1.00 bits per heavy atom. The van der Waals surface area contributed by atoms with E-state index in [2.05, 4.69) is 20.1 Å². The highest BCUT2D eigenvalue weighted by Gasteiger charge is 2.30. The monoisotopic (exact) mass is 331 g/mol. The molecule has 1 aliphatic rings. The fraction of sp³-hybridized carbons (Fsp3) is 0.500.